The minimum Gasteiger partial charge on any atom is -0.493 e. The maximum Gasteiger partial charge on any atom is 0.296 e. The average molecular weight is 632 g/mol. The van der Waals surface area contributed by atoms with Gasteiger partial charge in [-0.3, -0.25) is 9.59 Å². The van der Waals surface area contributed by atoms with Crippen molar-refractivity contribution in [1.29, 1.82) is 5.26 Å². The van der Waals surface area contributed by atoms with Crippen LogP contribution in [0.1, 0.15) is 67.9 Å². The van der Waals surface area contributed by atoms with Crippen LogP contribution >= 0.6 is 0 Å². The molecular weight excluding hydrogens is 590 g/mol. The highest BCUT2D eigenvalue weighted by atomic mass is 16.5. The summed E-state index contributed by atoms with van der Waals surface area (Å²) in [4.78, 5) is 41.5. The van der Waals surface area contributed by atoms with Gasteiger partial charge in [-0.05, 0) is 85.5 Å². The molecule has 0 aliphatic carbocycles. The highest BCUT2D eigenvalue weighted by Crippen LogP contribution is 2.36. The predicted molar refractivity (Wildman–Crippen MR) is 185 cm³/mol. The third-order valence-electron chi connectivity index (χ3n) is 9.11. The molecule has 3 aromatic carbocycles. The number of rotatable bonds is 9. The number of fused-ring (bicyclic) bond motifs is 1. The van der Waals surface area contributed by atoms with Crippen LogP contribution in [0.5, 0.6) is 5.75 Å². The first-order chi connectivity index (χ1) is 22.7. The van der Waals surface area contributed by atoms with Crippen LogP contribution in [-0.4, -0.2) is 65.9 Å². The number of benzene rings is 3. The molecule has 10 heteroatoms. The second-order valence-corrected chi connectivity index (χ2v) is 13.3. The van der Waals surface area contributed by atoms with Gasteiger partial charge in [0, 0.05) is 42.0 Å². The largest absolute Gasteiger partial charge is 0.493 e. The molecule has 0 radical (unpaired) electrons. The number of likely N-dealkylation sites (tertiary alicyclic amines) is 1. The molecule has 47 heavy (non-hydrogen) atoms. The Morgan fingerprint density at radius 3 is 2.49 bits per heavy atom. The number of hydrogen-bond donors (Lipinski definition) is 2. The van der Waals surface area contributed by atoms with Crippen LogP contribution in [0.2, 0.25) is 0 Å². The monoisotopic (exact) mass is 631 g/mol. The highest BCUT2D eigenvalue weighted by Gasteiger charge is 2.30. The van der Waals surface area contributed by atoms with Crippen molar-refractivity contribution < 1.29 is 14.3 Å². The van der Waals surface area contributed by atoms with Crippen molar-refractivity contribution in [3.8, 4) is 11.8 Å². The Bertz CT molecular complexity index is 1850. The summed E-state index contributed by atoms with van der Waals surface area (Å²) in [6.45, 7) is 10.3. The summed E-state index contributed by atoms with van der Waals surface area (Å²) in [5.41, 5.74) is 2.11. The molecule has 6 rings (SSSR count). The van der Waals surface area contributed by atoms with E-state index < -0.39 is 11.7 Å². The first-order valence-corrected chi connectivity index (χ1v) is 16.3. The minimum absolute atomic E-state index is 0.214. The predicted octanol–water partition coefficient (Wildman–Crippen LogP) is 6.44. The number of nitrogens with one attached hydrogen (secondary N) is 2. The Kier molecular flexibility index (Phi) is 9.10. The van der Waals surface area contributed by atoms with E-state index in [0.29, 0.717) is 17.2 Å². The summed E-state index contributed by atoms with van der Waals surface area (Å²) in [6.07, 6.45) is 6.59. The van der Waals surface area contributed by atoms with Crippen LogP contribution in [0.4, 0.5) is 23.1 Å². The molecule has 10 nitrogen and oxygen atoms in total. The number of Topliss-reactive ketones (excluding diaryl/α,β-unsaturated/α-hetero) is 1. The maximum atomic E-state index is 13.6. The van der Waals surface area contributed by atoms with E-state index in [-0.39, 0.29) is 28.0 Å². The van der Waals surface area contributed by atoms with Crippen LogP contribution < -0.4 is 20.3 Å². The molecule has 2 aliphatic heterocycles. The van der Waals surface area contributed by atoms with Gasteiger partial charge in [-0.25, -0.2) is 4.98 Å². The fraction of sp³-hybridized carbons (Fsp3) is 0.378. The van der Waals surface area contributed by atoms with Crippen molar-refractivity contribution in [3.63, 3.8) is 0 Å². The van der Waals surface area contributed by atoms with Gasteiger partial charge in [-0.15, -0.1) is 0 Å². The molecule has 4 aromatic rings. The number of ketones is 1. The SMILES string of the molecule is COc1c(C#N)cc(C(C)(C)C)cc1NC(=O)C(=O)c1ccc(Nc2ccnc(N3CCC[C@H]3CN3CCCC3)n2)c2ccccc12. The van der Waals surface area contributed by atoms with E-state index in [2.05, 4.69) is 31.5 Å². The molecule has 0 saturated carbocycles. The molecule has 242 valence electrons. The zero-order valence-corrected chi connectivity index (χ0v) is 27.5. The summed E-state index contributed by atoms with van der Waals surface area (Å²) >= 11 is 0. The molecule has 2 aliphatic rings. The molecule has 2 N–H and O–H groups in total. The molecule has 2 fully saturated rings. The van der Waals surface area contributed by atoms with E-state index in [9.17, 15) is 14.9 Å². The first kappa shape index (κ1) is 32.0. The highest BCUT2D eigenvalue weighted by molar-refractivity contribution is 6.48. The lowest BCUT2D eigenvalue weighted by Gasteiger charge is -2.28. The van der Waals surface area contributed by atoms with Crippen LogP contribution in [0.15, 0.2) is 60.8 Å². The van der Waals surface area contributed by atoms with Gasteiger partial charge >= 0.3 is 0 Å². The van der Waals surface area contributed by atoms with Crippen molar-refractivity contribution in [2.75, 3.05) is 48.8 Å². The molecule has 3 heterocycles. The molecular formula is C37H41N7O3. The Balaban J connectivity index is 1.24. The average Bonchev–Trinajstić information content (AvgIpc) is 3.76. The zero-order valence-electron chi connectivity index (χ0n) is 27.5. The number of hydrogen-bond acceptors (Lipinski definition) is 9. The van der Waals surface area contributed by atoms with Crippen molar-refractivity contribution in [1.82, 2.24) is 14.9 Å². The summed E-state index contributed by atoms with van der Waals surface area (Å²) in [6, 6.07) is 18.8. The lowest BCUT2D eigenvalue weighted by atomic mass is 9.85. The van der Waals surface area contributed by atoms with Gasteiger partial charge in [0.15, 0.2) is 5.75 Å². The number of methoxy groups -OCH3 is 1. The van der Waals surface area contributed by atoms with Crippen LogP contribution in [0, 0.1) is 11.3 Å². The van der Waals surface area contributed by atoms with E-state index >= 15 is 0 Å². The fourth-order valence-corrected chi connectivity index (χ4v) is 6.61. The number of anilines is 4. The molecule has 1 amide bonds. The lowest BCUT2D eigenvalue weighted by molar-refractivity contribution is -0.112. The number of nitrogens with zero attached hydrogens (tertiary/aromatic N) is 5. The number of amides is 1. The van der Waals surface area contributed by atoms with Gasteiger partial charge in [0.2, 0.25) is 5.95 Å². The molecule has 1 aromatic heterocycles. The summed E-state index contributed by atoms with van der Waals surface area (Å²) in [7, 11) is 1.43. The van der Waals surface area contributed by atoms with Gasteiger partial charge in [0.25, 0.3) is 11.7 Å². The van der Waals surface area contributed by atoms with Crippen molar-refractivity contribution in [2.24, 2.45) is 0 Å². The Morgan fingerprint density at radius 2 is 1.77 bits per heavy atom. The summed E-state index contributed by atoms with van der Waals surface area (Å²) < 4.78 is 5.47. The van der Waals surface area contributed by atoms with E-state index in [4.69, 9.17) is 9.72 Å². The van der Waals surface area contributed by atoms with Crippen molar-refractivity contribution in [2.45, 2.75) is 57.9 Å². The first-order valence-electron chi connectivity index (χ1n) is 16.3. The zero-order chi connectivity index (χ0) is 33.1. The molecule has 0 bridgehead atoms. The van der Waals surface area contributed by atoms with Crippen molar-refractivity contribution in [3.05, 3.63) is 77.5 Å². The minimum atomic E-state index is -0.821. The molecule has 2 saturated heterocycles. The number of aromatic nitrogens is 2. The van der Waals surface area contributed by atoms with Gasteiger partial charge in [0.05, 0.1) is 18.4 Å². The maximum absolute atomic E-state index is 13.6. The Morgan fingerprint density at radius 1 is 1.00 bits per heavy atom. The summed E-state index contributed by atoms with van der Waals surface area (Å²) in [5, 5.41) is 17.3. The van der Waals surface area contributed by atoms with E-state index in [1.807, 2.05) is 51.1 Å². The van der Waals surface area contributed by atoms with E-state index in [1.54, 1.807) is 30.5 Å². The Hall–Kier alpha value is -5.01. The summed E-state index contributed by atoms with van der Waals surface area (Å²) in [5.74, 6) is 0.0694. The second-order valence-electron chi connectivity index (χ2n) is 13.3. The normalized spacial score (nSPS) is 16.7. The topological polar surface area (TPSA) is 123 Å². The van der Waals surface area contributed by atoms with Gasteiger partial charge in [0.1, 0.15) is 11.9 Å². The van der Waals surface area contributed by atoms with Gasteiger partial charge < -0.3 is 25.2 Å². The number of nitriles is 1. The van der Waals surface area contributed by atoms with Crippen LogP contribution in [0.3, 0.4) is 0 Å². The molecule has 0 unspecified atom stereocenters. The smallest absolute Gasteiger partial charge is 0.296 e. The molecule has 1 atom stereocenters. The third-order valence-corrected chi connectivity index (χ3v) is 9.11. The third kappa shape index (κ3) is 6.76. The quantitative estimate of drug-likeness (QED) is 0.159. The van der Waals surface area contributed by atoms with E-state index in [1.165, 1.54) is 33.0 Å². The number of carbonyl (C=O) groups is 2. The number of ether oxygens (including phenoxy) is 1. The van der Waals surface area contributed by atoms with Crippen LogP contribution in [0.25, 0.3) is 10.8 Å². The van der Waals surface area contributed by atoms with Crippen LogP contribution in [-0.2, 0) is 10.2 Å². The Labute approximate surface area is 275 Å². The number of carbonyl (C=O) groups excluding carboxylic acids is 2. The molecule has 0 spiro atoms. The fourth-order valence-electron chi connectivity index (χ4n) is 6.61. The second kappa shape index (κ2) is 13.4. The van der Waals surface area contributed by atoms with Gasteiger partial charge in [-0.1, -0.05) is 45.0 Å². The van der Waals surface area contributed by atoms with Crippen molar-refractivity contribution >= 4 is 45.6 Å². The lowest BCUT2D eigenvalue weighted by Crippen LogP contribution is -2.40. The van der Waals surface area contributed by atoms with E-state index in [0.717, 1.165) is 48.5 Å². The standard InChI is InChI=1S/C37H41N7O3/c1-37(2,3)25-20-24(22-38)34(47-4)31(21-25)41-35(46)33(45)29-13-14-30(28-12-6-5-11-27(28)29)40-32-15-16-39-36(42-32)44-19-9-10-26(44)23-43-17-7-8-18-43/h5-6,11-16,20-21,26H,7-10,17-19,23H2,1-4H3,(H,41,46)(H,39,40,42)/t26-/m0/s1. The van der Waals surface area contributed by atoms with Gasteiger partial charge in [-0.2, -0.15) is 10.2 Å².